The van der Waals surface area contributed by atoms with E-state index >= 15 is 0 Å². The average molecular weight is 466 g/mol. The van der Waals surface area contributed by atoms with Gasteiger partial charge in [0, 0.05) is 38.8 Å². The fourth-order valence-electron chi connectivity index (χ4n) is 3.41. The summed E-state index contributed by atoms with van der Waals surface area (Å²) >= 11 is 0. The summed E-state index contributed by atoms with van der Waals surface area (Å²) in [5.41, 5.74) is 7.40. The van der Waals surface area contributed by atoms with Gasteiger partial charge in [0.1, 0.15) is 12.0 Å². The van der Waals surface area contributed by atoms with Gasteiger partial charge in [-0.05, 0) is 25.1 Å². The lowest BCUT2D eigenvalue weighted by Crippen LogP contribution is -2.47. The van der Waals surface area contributed by atoms with Crippen LogP contribution in [-0.2, 0) is 6.54 Å². The van der Waals surface area contributed by atoms with E-state index in [4.69, 9.17) is 10.2 Å². The summed E-state index contributed by atoms with van der Waals surface area (Å²) in [6.07, 6.45) is 2.38. The predicted octanol–water partition coefficient (Wildman–Crippen LogP) is 3.11. The molecule has 1 aromatic carbocycles. The van der Waals surface area contributed by atoms with Gasteiger partial charge in [-0.15, -0.1) is 37.2 Å². The number of nitrogens with two attached hydrogens (primary N) is 1. The lowest BCUT2D eigenvalue weighted by atomic mass is 10.0. The second-order valence-electron chi connectivity index (χ2n) is 6.84. The number of piperazine rings is 1. The van der Waals surface area contributed by atoms with Crippen LogP contribution in [0.15, 0.2) is 47.1 Å². The molecule has 1 fully saturated rings. The Hall–Kier alpha value is -1.28. The normalized spacial score (nSPS) is 16.8. The fourth-order valence-corrected chi connectivity index (χ4v) is 3.41. The van der Waals surface area contributed by atoms with Gasteiger partial charge in [-0.1, -0.05) is 30.3 Å². The molecule has 1 atom stereocenters. The first-order chi connectivity index (χ1) is 12.7. The molecule has 0 saturated carbocycles. The van der Waals surface area contributed by atoms with E-state index in [1.807, 2.05) is 0 Å². The molecule has 0 radical (unpaired) electrons. The maximum atomic E-state index is 12.1. The van der Waals surface area contributed by atoms with Gasteiger partial charge in [0.25, 0.3) is 5.91 Å². The number of hydrogen-bond donors (Lipinski definition) is 2. The van der Waals surface area contributed by atoms with Crippen molar-refractivity contribution in [3.63, 3.8) is 0 Å². The smallest absolute Gasteiger partial charge is 0.254 e. The van der Waals surface area contributed by atoms with Gasteiger partial charge in [0.15, 0.2) is 0 Å². The molecule has 1 aromatic heterocycles. The van der Waals surface area contributed by atoms with Crippen molar-refractivity contribution in [1.82, 2.24) is 15.1 Å². The molecule has 9 heteroatoms. The van der Waals surface area contributed by atoms with Crippen molar-refractivity contribution in [3.8, 4) is 0 Å². The van der Waals surface area contributed by atoms with Crippen LogP contribution in [0.25, 0.3) is 0 Å². The third-order valence-corrected chi connectivity index (χ3v) is 4.90. The summed E-state index contributed by atoms with van der Waals surface area (Å²) in [7, 11) is 2.17. The summed E-state index contributed by atoms with van der Waals surface area (Å²) in [5, 5.41) is 2.96. The highest BCUT2D eigenvalue weighted by atomic mass is 35.5. The lowest BCUT2D eigenvalue weighted by Gasteiger charge is -2.40. The number of benzene rings is 1. The molecule has 1 unspecified atom stereocenters. The zero-order chi connectivity index (χ0) is 18.4. The highest BCUT2D eigenvalue weighted by Crippen LogP contribution is 2.24. The standard InChI is InChI=1S/C20H28N4O2.3ClH/c1-23-10-11-24(19(14-23)16-6-3-2-4-7-16)9-5-8-22-20(25)17-12-18(13-21)26-15-17;;;/h2-4,6-7,12,15,19H,5,8-11,13-14,21H2,1H3,(H,22,25);3*1H. The van der Waals surface area contributed by atoms with Crippen LogP contribution in [0.2, 0.25) is 0 Å². The first-order valence-electron chi connectivity index (χ1n) is 9.20. The fraction of sp³-hybridized carbons (Fsp3) is 0.450. The van der Waals surface area contributed by atoms with E-state index in [1.54, 1.807) is 6.07 Å². The van der Waals surface area contributed by atoms with E-state index in [0.29, 0.717) is 30.5 Å². The number of rotatable bonds is 7. The quantitative estimate of drug-likeness (QED) is 0.615. The van der Waals surface area contributed by atoms with Gasteiger partial charge < -0.3 is 20.4 Å². The molecular formula is C20H31Cl3N4O2. The first-order valence-corrected chi connectivity index (χ1v) is 9.20. The van der Waals surface area contributed by atoms with Crippen LogP contribution in [-0.4, -0.2) is 55.5 Å². The molecular weight excluding hydrogens is 435 g/mol. The highest BCUT2D eigenvalue weighted by molar-refractivity contribution is 5.93. The van der Waals surface area contributed by atoms with Crippen molar-refractivity contribution < 1.29 is 9.21 Å². The van der Waals surface area contributed by atoms with Crippen LogP contribution in [0.1, 0.15) is 34.1 Å². The number of furan rings is 1. The van der Waals surface area contributed by atoms with E-state index in [0.717, 1.165) is 32.6 Å². The van der Waals surface area contributed by atoms with Crippen LogP contribution in [0, 0.1) is 0 Å². The van der Waals surface area contributed by atoms with Crippen LogP contribution in [0.3, 0.4) is 0 Å². The topological polar surface area (TPSA) is 74.7 Å². The average Bonchev–Trinajstić information content (AvgIpc) is 3.16. The molecule has 1 aliphatic heterocycles. The molecule has 2 aromatic rings. The Morgan fingerprint density at radius 1 is 1.21 bits per heavy atom. The van der Waals surface area contributed by atoms with Gasteiger partial charge in [0.05, 0.1) is 12.1 Å². The van der Waals surface area contributed by atoms with Crippen LogP contribution in [0.4, 0.5) is 0 Å². The number of likely N-dealkylation sites (N-methyl/N-ethyl adjacent to an activating group) is 1. The van der Waals surface area contributed by atoms with E-state index in [2.05, 4.69) is 52.5 Å². The first kappa shape index (κ1) is 27.7. The summed E-state index contributed by atoms with van der Waals surface area (Å²) in [5.74, 6) is 0.518. The number of carbonyl (C=O) groups is 1. The molecule has 1 amide bonds. The Balaban J connectivity index is 0.00000261. The SMILES string of the molecule is CN1CCN(CCCNC(=O)c2coc(CN)c2)C(c2ccccc2)C1.Cl.Cl.Cl. The number of halogens is 3. The van der Waals surface area contributed by atoms with Gasteiger partial charge in [-0.2, -0.15) is 0 Å². The monoisotopic (exact) mass is 464 g/mol. The number of amides is 1. The van der Waals surface area contributed by atoms with Gasteiger partial charge in [-0.3, -0.25) is 9.69 Å². The molecule has 1 saturated heterocycles. The van der Waals surface area contributed by atoms with Crippen LogP contribution < -0.4 is 11.1 Å². The number of nitrogens with zero attached hydrogens (tertiary/aromatic N) is 2. The molecule has 0 spiro atoms. The minimum atomic E-state index is -0.105. The maximum Gasteiger partial charge on any atom is 0.254 e. The molecule has 6 nitrogen and oxygen atoms in total. The Bertz CT molecular complexity index is 715. The molecule has 3 rings (SSSR count). The van der Waals surface area contributed by atoms with Gasteiger partial charge in [0.2, 0.25) is 0 Å². The second kappa shape index (κ2) is 13.9. The van der Waals surface area contributed by atoms with Crippen molar-refractivity contribution in [3.05, 3.63) is 59.5 Å². The van der Waals surface area contributed by atoms with Crippen molar-refractivity contribution in [2.24, 2.45) is 5.73 Å². The van der Waals surface area contributed by atoms with Crippen molar-refractivity contribution >= 4 is 43.1 Å². The van der Waals surface area contributed by atoms with E-state index in [-0.39, 0.29) is 43.1 Å². The third kappa shape index (κ3) is 7.81. The molecule has 2 heterocycles. The molecule has 1 aliphatic rings. The Morgan fingerprint density at radius 3 is 2.59 bits per heavy atom. The predicted molar refractivity (Wildman–Crippen MR) is 124 cm³/mol. The Morgan fingerprint density at radius 2 is 1.93 bits per heavy atom. The molecule has 0 bridgehead atoms. The molecule has 3 N–H and O–H groups in total. The molecule has 0 aliphatic carbocycles. The summed E-state index contributed by atoms with van der Waals surface area (Å²) in [4.78, 5) is 17.0. The summed E-state index contributed by atoms with van der Waals surface area (Å²) in [6, 6.07) is 12.8. The molecule has 29 heavy (non-hydrogen) atoms. The van der Waals surface area contributed by atoms with Gasteiger partial charge in [-0.25, -0.2) is 0 Å². The number of hydrogen-bond acceptors (Lipinski definition) is 5. The second-order valence-corrected chi connectivity index (χ2v) is 6.84. The Kier molecular flexibility index (Phi) is 13.2. The lowest BCUT2D eigenvalue weighted by molar-refractivity contribution is 0.0865. The van der Waals surface area contributed by atoms with Crippen LogP contribution >= 0.6 is 37.2 Å². The number of carbonyl (C=O) groups excluding carboxylic acids is 1. The molecule has 164 valence electrons. The van der Waals surface area contributed by atoms with Crippen molar-refractivity contribution in [2.75, 3.05) is 39.8 Å². The van der Waals surface area contributed by atoms with E-state index < -0.39 is 0 Å². The minimum Gasteiger partial charge on any atom is -0.467 e. The van der Waals surface area contributed by atoms with Gasteiger partial charge >= 0.3 is 0 Å². The van der Waals surface area contributed by atoms with Crippen molar-refractivity contribution in [2.45, 2.75) is 19.0 Å². The highest BCUT2D eigenvalue weighted by Gasteiger charge is 2.25. The van der Waals surface area contributed by atoms with Crippen LogP contribution in [0.5, 0.6) is 0 Å². The number of nitrogens with one attached hydrogen (secondary N) is 1. The zero-order valence-corrected chi connectivity index (χ0v) is 19.0. The minimum absolute atomic E-state index is 0. The summed E-state index contributed by atoms with van der Waals surface area (Å²) in [6.45, 7) is 5.08. The zero-order valence-electron chi connectivity index (χ0n) is 16.6. The van der Waals surface area contributed by atoms with Crippen molar-refractivity contribution in [1.29, 1.82) is 0 Å². The van der Waals surface area contributed by atoms with E-state index in [1.165, 1.54) is 11.8 Å². The summed E-state index contributed by atoms with van der Waals surface area (Å²) < 4.78 is 5.21. The maximum absolute atomic E-state index is 12.1. The third-order valence-electron chi connectivity index (χ3n) is 4.90. The van der Waals surface area contributed by atoms with E-state index in [9.17, 15) is 4.79 Å². The Labute approximate surface area is 191 Å². The largest absolute Gasteiger partial charge is 0.467 e.